The third-order valence-electron chi connectivity index (χ3n) is 3.87. The summed E-state index contributed by atoms with van der Waals surface area (Å²) in [7, 11) is 0. The molecule has 1 heterocycles. The lowest BCUT2D eigenvalue weighted by Crippen LogP contribution is -2.52. The highest BCUT2D eigenvalue weighted by Gasteiger charge is 2.25. The molecule has 5 nitrogen and oxygen atoms in total. The first-order valence-corrected chi connectivity index (χ1v) is 8.37. The Hall–Kier alpha value is -1.75. The molecular weight excluding hydrogens is 316 g/mol. The molecule has 0 spiro atoms. The molecule has 1 saturated heterocycles. The SMILES string of the molecule is CCOc1ccc(CC(=O)N2CCN(C(=O)C(C)Cl)CC2)cc1. The number of nitrogens with zero attached hydrogens (tertiary/aromatic N) is 2. The normalized spacial score (nSPS) is 16.1. The Balaban J connectivity index is 1.84. The predicted molar refractivity (Wildman–Crippen MR) is 89.8 cm³/mol. The van der Waals surface area contributed by atoms with Gasteiger partial charge in [-0.15, -0.1) is 11.6 Å². The summed E-state index contributed by atoms with van der Waals surface area (Å²) < 4.78 is 5.39. The summed E-state index contributed by atoms with van der Waals surface area (Å²) in [6, 6.07) is 7.59. The second-order valence-corrected chi connectivity index (χ2v) is 6.23. The van der Waals surface area contributed by atoms with Crippen molar-refractivity contribution < 1.29 is 14.3 Å². The lowest BCUT2D eigenvalue weighted by molar-refractivity contribution is -0.138. The minimum Gasteiger partial charge on any atom is -0.494 e. The van der Waals surface area contributed by atoms with Gasteiger partial charge in [0.2, 0.25) is 11.8 Å². The zero-order valence-corrected chi connectivity index (χ0v) is 14.4. The molecule has 0 aliphatic carbocycles. The molecule has 0 N–H and O–H groups in total. The lowest BCUT2D eigenvalue weighted by Gasteiger charge is -2.35. The van der Waals surface area contributed by atoms with Crippen LogP contribution in [0.3, 0.4) is 0 Å². The maximum Gasteiger partial charge on any atom is 0.240 e. The number of rotatable bonds is 5. The zero-order chi connectivity index (χ0) is 16.8. The van der Waals surface area contributed by atoms with Crippen molar-refractivity contribution in [3.63, 3.8) is 0 Å². The van der Waals surface area contributed by atoms with Crippen LogP contribution in [-0.4, -0.2) is 59.8 Å². The second-order valence-electron chi connectivity index (χ2n) is 5.58. The number of halogens is 1. The van der Waals surface area contributed by atoms with Crippen LogP contribution in [0, 0.1) is 0 Å². The van der Waals surface area contributed by atoms with E-state index in [1.807, 2.05) is 31.2 Å². The Morgan fingerprint density at radius 1 is 1.13 bits per heavy atom. The molecule has 1 unspecified atom stereocenters. The molecule has 1 aromatic rings. The molecule has 1 aromatic carbocycles. The number of alkyl halides is 1. The fourth-order valence-corrected chi connectivity index (χ4v) is 2.72. The number of carbonyl (C=O) groups excluding carboxylic acids is 2. The van der Waals surface area contributed by atoms with Crippen molar-refractivity contribution in [1.82, 2.24) is 9.80 Å². The summed E-state index contributed by atoms with van der Waals surface area (Å²) in [6.45, 7) is 6.45. The van der Waals surface area contributed by atoms with E-state index in [1.165, 1.54) is 0 Å². The van der Waals surface area contributed by atoms with Crippen LogP contribution in [0.1, 0.15) is 19.4 Å². The van der Waals surface area contributed by atoms with Crippen molar-refractivity contribution in [3.8, 4) is 5.75 Å². The van der Waals surface area contributed by atoms with Crippen molar-refractivity contribution in [1.29, 1.82) is 0 Å². The van der Waals surface area contributed by atoms with E-state index in [0.29, 0.717) is 39.2 Å². The van der Waals surface area contributed by atoms with Gasteiger partial charge in [0.05, 0.1) is 13.0 Å². The molecule has 0 bridgehead atoms. The number of ether oxygens (including phenoxy) is 1. The van der Waals surface area contributed by atoms with Gasteiger partial charge in [-0.25, -0.2) is 0 Å². The molecule has 0 aromatic heterocycles. The number of carbonyl (C=O) groups is 2. The molecule has 6 heteroatoms. The average molecular weight is 339 g/mol. The van der Waals surface area contributed by atoms with Crippen LogP contribution in [0.15, 0.2) is 24.3 Å². The number of hydrogen-bond donors (Lipinski definition) is 0. The molecule has 2 amide bonds. The number of amides is 2. The molecular formula is C17H23ClN2O3. The minimum absolute atomic E-state index is 0.0646. The van der Waals surface area contributed by atoms with Crippen LogP contribution < -0.4 is 4.74 Å². The Kier molecular flexibility index (Phi) is 6.28. The highest BCUT2D eigenvalue weighted by atomic mass is 35.5. The van der Waals surface area contributed by atoms with Crippen molar-refractivity contribution in [2.24, 2.45) is 0 Å². The molecule has 23 heavy (non-hydrogen) atoms. The highest BCUT2D eigenvalue weighted by molar-refractivity contribution is 6.30. The van der Waals surface area contributed by atoms with Gasteiger partial charge in [-0.2, -0.15) is 0 Å². The van der Waals surface area contributed by atoms with Gasteiger partial charge < -0.3 is 14.5 Å². The summed E-state index contributed by atoms with van der Waals surface area (Å²) in [5, 5.41) is -0.513. The van der Waals surface area contributed by atoms with Crippen molar-refractivity contribution in [2.75, 3.05) is 32.8 Å². The summed E-state index contributed by atoms with van der Waals surface area (Å²) >= 11 is 5.82. The largest absolute Gasteiger partial charge is 0.494 e. The van der Waals surface area contributed by atoms with Gasteiger partial charge >= 0.3 is 0 Å². The van der Waals surface area contributed by atoms with E-state index in [9.17, 15) is 9.59 Å². The maximum absolute atomic E-state index is 12.4. The monoisotopic (exact) mass is 338 g/mol. The Labute approximate surface area is 142 Å². The first-order chi connectivity index (χ1) is 11.0. The van der Waals surface area contributed by atoms with Crippen LogP contribution in [0.5, 0.6) is 5.75 Å². The lowest BCUT2D eigenvalue weighted by atomic mass is 10.1. The summed E-state index contributed by atoms with van der Waals surface area (Å²) in [6.07, 6.45) is 0.367. The van der Waals surface area contributed by atoms with Crippen LogP contribution in [-0.2, 0) is 16.0 Å². The van der Waals surface area contributed by atoms with Gasteiger partial charge in [-0.05, 0) is 31.5 Å². The molecule has 0 saturated carbocycles. The maximum atomic E-state index is 12.4. The van der Waals surface area contributed by atoms with E-state index in [4.69, 9.17) is 16.3 Å². The number of piperazine rings is 1. The molecule has 1 fully saturated rings. The first-order valence-electron chi connectivity index (χ1n) is 7.93. The third kappa shape index (κ3) is 4.86. The summed E-state index contributed by atoms with van der Waals surface area (Å²) in [5.41, 5.74) is 0.964. The Bertz CT molecular complexity index is 537. The van der Waals surface area contributed by atoms with E-state index in [0.717, 1.165) is 11.3 Å². The van der Waals surface area contributed by atoms with E-state index >= 15 is 0 Å². The Morgan fingerprint density at radius 2 is 1.70 bits per heavy atom. The predicted octanol–water partition coefficient (Wildman–Crippen LogP) is 1.93. The molecule has 2 rings (SSSR count). The van der Waals surface area contributed by atoms with Gasteiger partial charge in [-0.3, -0.25) is 9.59 Å². The minimum atomic E-state index is -0.513. The third-order valence-corrected chi connectivity index (χ3v) is 4.06. The van der Waals surface area contributed by atoms with Crippen LogP contribution >= 0.6 is 11.6 Å². The quantitative estimate of drug-likeness (QED) is 0.771. The second kappa shape index (κ2) is 8.20. The van der Waals surface area contributed by atoms with Gasteiger partial charge in [-0.1, -0.05) is 12.1 Å². The van der Waals surface area contributed by atoms with Gasteiger partial charge in [0.25, 0.3) is 0 Å². The fourth-order valence-electron chi connectivity index (χ4n) is 2.58. The van der Waals surface area contributed by atoms with E-state index in [-0.39, 0.29) is 11.8 Å². The van der Waals surface area contributed by atoms with Crippen LogP contribution in [0.25, 0.3) is 0 Å². The number of hydrogen-bond acceptors (Lipinski definition) is 3. The van der Waals surface area contributed by atoms with Crippen LogP contribution in [0.2, 0.25) is 0 Å². The Morgan fingerprint density at radius 3 is 2.22 bits per heavy atom. The number of benzene rings is 1. The first kappa shape index (κ1) is 17.6. The van der Waals surface area contributed by atoms with E-state index in [2.05, 4.69) is 0 Å². The van der Waals surface area contributed by atoms with Crippen molar-refractivity contribution in [3.05, 3.63) is 29.8 Å². The van der Waals surface area contributed by atoms with E-state index < -0.39 is 5.38 Å². The fraction of sp³-hybridized carbons (Fsp3) is 0.529. The molecule has 1 atom stereocenters. The van der Waals surface area contributed by atoms with Gasteiger partial charge in [0.15, 0.2) is 0 Å². The van der Waals surface area contributed by atoms with Gasteiger partial charge in [0, 0.05) is 26.2 Å². The standard InChI is InChI=1S/C17H23ClN2O3/c1-3-23-15-6-4-14(5-7-15)12-16(21)19-8-10-20(11-9-19)17(22)13(2)18/h4-7,13H,3,8-12H2,1-2H3. The molecule has 1 aliphatic heterocycles. The topological polar surface area (TPSA) is 49.9 Å². The molecule has 1 aliphatic rings. The molecule has 0 radical (unpaired) electrons. The summed E-state index contributed by atoms with van der Waals surface area (Å²) in [4.78, 5) is 27.7. The van der Waals surface area contributed by atoms with Crippen molar-refractivity contribution >= 4 is 23.4 Å². The van der Waals surface area contributed by atoms with E-state index in [1.54, 1.807) is 16.7 Å². The highest BCUT2D eigenvalue weighted by Crippen LogP contribution is 2.14. The smallest absolute Gasteiger partial charge is 0.240 e. The van der Waals surface area contributed by atoms with Gasteiger partial charge in [0.1, 0.15) is 11.1 Å². The summed E-state index contributed by atoms with van der Waals surface area (Å²) in [5.74, 6) is 0.830. The van der Waals surface area contributed by atoms with Crippen LogP contribution in [0.4, 0.5) is 0 Å². The average Bonchev–Trinajstić information content (AvgIpc) is 2.56. The zero-order valence-electron chi connectivity index (χ0n) is 13.6. The van der Waals surface area contributed by atoms with Crippen molar-refractivity contribution in [2.45, 2.75) is 25.6 Å². The molecule has 126 valence electrons.